The summed E-state index contributed by atoms with van der Waals surface area (Å²) < 4.78 is 9.81. The molecule has 1 atom stereocenters. The summed E-state index contributed by atoms with van der Waals surface area (Å²) in [5, 5.41) is 0.341. The second-order valence-electron chi connectivity index (χ2n) is 5.19. The molecule has 23 heavy (non-hydrogen) atoms. The summed E-state index contributed by atoms with van der Waals surface area (Å²) in [5.74, 6) is 4.88. The van der Waals surface area contributed by atoms with E-state index in [0.717, 1.165) is 0 Å². The van der Waals surface area contributed by atoms with E-state index in [2.05, 4.69) is 9.72 Å². The van der Waals surface area contributed by atoms with Gasteiger partial charge in [0.25, 0.3) is 12.4 Å². The van der Waals surface area contributed by atoms with Crippen molar-refractivity contribution in [3.8, 4) is 0 Å². The van der Waals surface area contributed by atoms with Crippen molar-refractivity contribution < 1.29 is 19.1 Å². The third-order valence-corrected chi connectivity index (χ3v) is 2.57. The van der Waals surface area contributed by atoms with Crippen molar-refractivity contribution in [3.05, 3.63) is 29.0 Å². The standard InChI is InChI=1S/C9H11Cl2N3O2.C5H10O2/c10-3-4-16-8(9(15)14-12)6-1-2-7(11)13-5-6;1-5(2,3)7-4-6/h1-2,5,8H,3-4,12H2,(H,14,15);4H,1-3H3. The van der Waals surface area contributed by atoms with Crippen molar-refractivity contribution in [2.75, 3.05) is 12.5 Å². The Balaban J connectivity index is 0.000000585. The van der Waals surface area contributed by atoms with Crippen LogP contribution in [0, 0.1) is 0 Å². The largest absolute Gasteiger partial charge is 0.462 e. The number of nitrogens with zero attached hydrogens (tertiary/aromatic N) is 1. The van der Waals surface area contributed by atoms with Gasteiger partial charge in [0.05, 0.1) is 6.61 Å². The molecule has 0 fully saturated rings. The van der Waals surface area contributed by atoms with Crippen LogP contribution in [0.15, 0.2) is 18.3 Å². The Bertz CT molecular complexity index is 478. The molecule has 1 aromatic rings. The number of hydrogen-bond donors (Lipinski definition) is 2. The van der Waals surface area contributed by atoms with Crippen molar-refractivity contribution in [2.24, 2.45) is 5.84 Å². The molecule has 0 saturated heterocycles. The second kappa shape index (κ2) is 11.2. The highest BCUT2D eigenvalue weighted by Gasteiger charge is 2.20. The van der Waals surface area contributed by atoms with Crippen molar-refractivity contribution in [1.82, 2.24) is 10.4 Å². The predicted molar refractivity (Wildman–Crippen MR) is 87.9 cm³/mol. The Labute approximate surface area is 145 Å². The molecular formula is C14H21Cl2N3O4. The number of amides is 1. The van der Waals surface area contributed by atoms with Crippen LogP contribution in [0.2, 0.25) is 5.15 Å². The summed E-state index contributed by atoms with van der Waals surface area (Å²) in [6.45, 7) is 6.16. The van der Waals surface area contributed by atoms with E-state index in [9.17, 15) is 9.59 Å². The van der Waals surface area contributed by atoms with Crippen LogP contribution >= 0.6 is 23.2 Å². The molecule has 1 rings (SSSR count). The fourth-order valence-electron chi connectivity index (χ4n) is 1.25. The first-order valence-corrected chi connectivity index (χ1v) is 7.57. The zero-order valence-electron chi connectivity index (χ0n) is 13.2. The maximum Gasteiger partial charge on any atom is 0.293 e. The van der Waals surface area contributed by atoms with Crippen LogP contribution in [0.3, 0.4) is 0 Å². The molecule has 0 aliphatic carbocycles. The number of nitrogens with one attached hydrogen (secondary N) is 1. The Hall–Kier alpha value is -1.41. The average Bonchev–Trinajstić information content (AvgIpc) is 2.48. The van der Waals surface area contributed by atoms with E-state index in [-0.39, 0.29) is 18.1 Å². The second-order valence-corrected chi connectivity index (χ2v) is 5.95. The number of ether oxygens (including phenoxy) is 2. The number of aromatic nitrogens is 1. The molecule has 1 amide bonds. The lowest BCUT2D eigenvalue weighted by Gasteiger charge is -2.15. The van der Waals surface area contributed by atoms with Gasteiger partial charge >= 0.3 is 0 Å². The summed E-state index contributed by atoms with van der Waals surface area (Å²) >= 11 is 11.1. The topological polar surface area (TPSA) is 104 Å². The zero-order valence-corrected chi connectivity index (χ0v) is 14.7. The van der Waals surface area contributed by atoms with E-state index >= 15 is 0 Å². The highest BCUT2D eigenvalue weighted by atomic mass is 35.5. The summed E-state index contributed by atoms with van der Waals surface area (Å²) in [4.78, 5) is 24.9. The third kappa shape index (κ3) is 10.1. The highest BCUT2D eigenvalue weighted by molar-refractivity contribution is 6.29. The summed E-state index contributed by atoms with van der Waals surface area (Å²) in [5.41, 5.74) is 2.27. The SMILES string of the molecule is CC(C)(C)OC=O.NNC(=O)C(OCCCl)c1ccc(Cl)nc1. The number of rotatable bonds is 6. The monoisotopic (exact) mass is 365 g/mol. The lowest BCUT2D eigenvalue weighted by molar-refractivity contribution is -0.138. The van der Waals surface area contributed by atoms with Crippen molar-refractivity contribution in [3.63, 3.8) is 0 Å². The number of pyridine rings is 1. The molecule has 0 aromatic carbocycles. The van der Waals surface area contributed by atoms with Crippen LogP contribution in [0.1, 0.15) is 32.4 Å². The molecular weight excluding hydrogens is 345 g/mol. The molecule has 0 radical (unpaired) electrons. The Morgan fingerprint density at radius 3 is 2.48 bits per heavy atom. The number of halogens is 2. The van der Waals surface area contributed by atoms with E-state index in [1.807, 2.05) is 26.2 Å². The van der Waals surface area contributed by atoms with Crippen LogP contribution in [-0.4, -0.2) is 35.5 Å². The minimum Gasteiger partial charge on any atom is -0.462 e. The average molecular weight is 366 g/mol. The van der Waals surface area contributed by atoms with Crippen LogP contribution in [0.25, 0.3) is 0 Å². The van der Waals surface area contributed by atoms with Gasteiger partial charge in [0, 0.05) is 17.6 Å². The molecule has 9 heteroatoms. The van der Waals surface area contributed by atoms with Gasteiger partial charge in [-0.25, -0.2) is 10.8 Å². The molecule has 0 saturated carbocycles. The Morgan fingerprint density at radius 2 is 2.13 bits per heavy atom. The number of hydrogen-bond acceptors (Lipinski definition) is 6. The number of carbonyl (C=O) groups is 2. The lowest BCUT2D eigenvalue weighted by Crippen LogP contribution is -2.36. The fourth-order valence-corrected chi connectivity index (χ4v) is 1.45. The van der Waals surface area contributed by atoms with Crippen LogP contribution in [-0.2, 0) is 19.1 Å². The van der Waals surface area contributed by atoms with Gasteiger partial charge < -0.3 is 9.47 Å². The van der Waals surface area contributed by atoms with Gasteiger partial charge in [-0.15, -0.1) is 11.6 Å². The lowest BCUT2D eigenvalue weighted by atomic mass is 10.1. The summed E-state index contributed by atoms with van der Waals surface area (Å²) in [7, 11) is 0. The number of hydrazine groups is 1. The van der Waals surface area contributed by atoms with E-state index < -0.39 is 12.0 Å². The molecule has 3 N–H and O–H groups in total. The molecule has 0 aliphatic rings. The van der Waals surface area contributed by atoms with E-state index in [4.69, 9.17) is 33.8 Å². The van der Waals surface area contributed by atoms with Crippen LogP contribution < -0.4 is 11.3 Å². The van der Waals surface area contributed by atoms with E-state index in [1.165, 1.54) is 6.20 Å². The maximum atomic E-state index is 11.4. The van der Waals surface area contributed by atoms with Crippen molar-refractivity contribution in [2.45, 2.75) is 32.5 Å². The molecule has 0 bridgehead atoms. The minimum atomic E-state index is -0.825. The highest BCUT2D eigenvalue weighted by Crippen LogP contribution is 2.18. The van der Waals surface area contributed by atoms with Gasteiger partial charge in [-0.3, -0.25) is 15.0 Å². The van der Waals surface area contributed by atoms with Crippen molar-refractivity contribution in [1.29, 1.82) is 0 Å². The molecule has 1 heterocycles. The number of carbonyl (C=O) groups excluding carboxylic acids is 2. The van der Waals surface area contributed by atoms with Gasteiger partial charge in [0.1, 0.15) is 10.8 Å². The van der Waals surface area contributed by atoms with Crippen LogP contribution in [0.5, 0.6) is 0 Å². The summed E-state index contributed by atoms with van der Waals surface area (Å²) in [6, 6.07) is 3.21. The molecule has 1 aromatic heterocycles. The van der Waals surface area contributed by atoms with Gasteiger partial charge in [-0.1, -0.05) is 17.7 Å². The van der Waals surface area contributed by atoms with Gasteiger partial charge in [0.2, 0.25) is 0 Å². The van der Waals surface area contributed by atoms with Gasteiger partial charge in [-0.05, 0) is 26.8 Å². The molecule has 1 unspecified atom stereocenters. The molecule has 7 nitrogen and oxygen atoms in total. The maximum absolute atomic E-state index is 11.4. The summed E-state index contributed by atoms with van der Waals surface area (Å²) in [6.07, 6.45) is 0.629. The van der Waals surface area contributed by atoms with Crippen LogP contribution in [0.4, 0.5) is 0 Å². The first-order chi connectivity index (χ1) is 10.7. The number of alkyl halides is 1. The Morgan fingerprint density at radius 1 is 1.48 bits per heavy atom. The first-order valence-electron chi connectivity index (χ1n) is 6.66. The normalized spacial score (nSPS) is 11.7. The smallest absolute Gasteiger partial charge is 0.293 e. The Kier molecular flexibility index (Phi) is 10.5. The quantitative estimate of drug-likeness (QED) is 0.199. The minimum absolute atomic E-state index is 0.238. The van der Waals surface area contributed by atoms with Gasteiger partial charge in [0.15, 0.2) is 6.10 Å². The van der Waals surface area contributed by atoms with Crippen molar-refractivity contribution >= 4 is 35.6 Å². The van der Waals surface area contributed by atoms with Gasteiger partial charge in [-0.2, -0.15) is 0 Å². The molecule has 130 valence electrons. The van der Waals surface area contributed by atoms with E-state index in [0.29, 0.717) is 17.2 Å². The predicted octanol–water partition coefficient (Wildman–Crippen LogP) is 1.98. The molecule has 0 spiro atoms. The third-order valence-electron chi connectivity index (χ3n) is 2.20. The zero-order chi connectivity index (χ0) is 17.9. The van der Waals surface area contributed by atoms with E-state index in [1.54, 1.807) is 12.1 Å². The molecule has 0 aliphatic heterocycles. The number of nitrogens with two attached hydrogens (primary N) is 1. The first kappa shape index (κ1) is 21.6. The fraction of sp³-hybridized carbons (Fsp3) is 0.500.